The molecule has 0 saturated heterocycles. The molecule has 0 spiro atoms. The maximum absolute atomic E-state index is 15.0. The van der Waals surface area contributed by atoms with Crippen LogP contribution in [0.1, 0.15) is 169 Å². The lowest BCUT2D eigenvalue weighted by atomic mass is 9.98. The molecule has 0 radical (unpaired) electrons. The number of nitrogens with two attached hydrogens (primary N) is 6. The zero-order chi connectivity index (χ0) is 96.2. The van der Waals surface area contributed by atoms with Crippen molar-refractivity contribution in [3.63, 3.8) is 0 Å². The fourth-order valence-electron chi connectivity index (χ4n) is 13.2. The number of phenolic OH excluding ortho intramolecular Hbond substituents is 2. The molecule has 45 heteroatoms. The lowest BCUT2D eigenvalue weighted by Gasteiger charge is -2.30. The monoisotopic (exact) mass is 1800 g/mol. The van der Waals surface area contributed by atoms with E-state index in [0.29, 0.717) is 16.7 Å². The highest BCUT2D eigenvalue weighted by molar-refractivity contribution is 6.01. The summed E-state index contributed by atoms with van der Waals surface area (Å²) in [5, 5.41) is 95.3. The number of aromatic hydroxyl groups is 2. The second kappa shape index (κ2) is 55.7. The molecule has 16 amide bonds. The average Bonchev–Trinajstić information content (AvgIpc) is 0.846. The molecule has 128 heavy (non-hydrogen) atoms. The van der Waals surface area contributed by atoms with Crippen LogP contribution in [0, 0.1) is 39.9 Å². The number of aliphatic hydroxyl groups excluding tert-OH is 1. The summed E-state index contributed by atoms with van der Waals surface area (Å²) in [7, 11) is 0. The van der Waals surface area contributed by atoms with Gasteiger partial charge in [0.05, 0.1) is 12.5 Å². The van der Waals surface area contributed by atoms with Gasteiger partial charge in [0.1, 0.15) is 90.0 Å². The van der Waals surface area contributed by atoms with Gasteiger partial charge in [0.2, 0.25) is 94.5 Å². The van der Waals surface area contributed by atoms with Gasteiger partial charge in [-0.2, -0.15) is 0 Å². The molecule has 0 aliphatic carbocycles. The number of guanidine groups is 3. The highest BCUT2D eigenvalue weighted by Crippen LogP contribution is 2.19. The van der Waals surface area contributed by atoms with E-state index in [-0.39, 0.29) is 126 Å². The normalized spacial score (nSPS) is 14.4. The van der Waals surface area contributed by atoms with Crippen molar-refractivity contribution in [1.29, 1.82) is 16.2 Å². The Kier molecular flexibility index (Phi) is 47.3. The van der Waals surface area contributed by atoms with E-state index in [2.05, 4.69) is 90.1 Å². The predicted molar refractivity (Wildman–Crippen MR) is 471 cm³/mol. The minimum absolute atomic E-state index is 0.0167. The zero-order valence-electron chi connectivity index (χ0n) is 74.0. The number of pyridine rings is 1. The van der Waals surface area contributed by atoms with Crippen LogP contribution in [-0.4, -0.2) is 237 Å². The minimum Gasteiger partial charge on any atom is -0.508 e. The average molecular weight is 1800 g/mol. The minimum atomic E-state index is -1.94. The van der Waals surface area contributed by atoms with Crippen LogP contribution in [0.15, 0.2) is 73.1 Å². The zero-order valence-corrected chi connectivity index (χ0v) is 74.0. The number of aromatic nitrogens is 1. The Hall–Kier alpha value is -13.5. The van der Waals surface area contributed by atoms with Crippen LogP contribution in [0.25, 0.3) is 0 Å². The number of carbonyl (C=O) groups is 16. The molecule has 0 aliphatic rings. The molecule has 45 nitrogen and oxygen atoms in total. The van der Waals surface area contributed by atoms with Gasteiger partial charge >= 0.3 is 0 Å². The van der Waals surface area contributed by atoms with E-state index in [1.165, 1.54) is 67.8 Å². The quantitative estimate of drug-likeness (QED) is 0.0143. The number of hydrogen-bond acceptors (Lipinski definition) is 23. The summed E-state index contributed by atoms with van der Waals surface area (Å²) in [5.41, 5.74) is 34.7. The fraction of sp³-hybridized carbons (Fsp3) is 0.566. The van der Waals surface area contributed by atoms with Crippen molar-refractivity contribution in [1.82, 2.24) is 90.1 Å². The van der Waals surface area contributed by atoms with E-state index >= 15 is 4.79 Å². The largest absolute Gasteiger partial charge is 0.508 e. The molecule has 3 rings (SSSR count). The number of hydrogen-bond donors (Lipinski definition) is 28. The smallest absolute Gasteiger partial charge is 0.245 e. The number of amides is 16. The van der Waals surface area contributed by atoms with Crippen molar-refractivity contribution in [2.45, 2.75) is 257 Å². The molecule has 14 atom stereocenters. The molecule has 0 aliphatic heterocycles. The number of aliphatic hydroxyl groups is 1. The molecule has 34 N–H and O–H groups in total. The lowest BCUT2D eigenvalue weighted by Crippen LogP contribution is -2.62. The third-order valence-corrected chi connectivity index (χ3v) is 19.6. The van der Waals surface area contributed by atoms with Crippen LogP contribution in [0.3, 0.4) is 0 Å². The number of phenols is 2. The fourth-order valence-corrected chi connectivity index (χ4v) is 13.2. The van der Waals surface area contributed by atoms with Crippen LogP contribution >= 0.6 is 0 Å². The molecule has 2 aromatic carbocycles. The molecule has 3 aromatic rings. The summed E-state index contributed by atoms with van der Waals surface area (Å²) in [6.45, 7) is 16.1. The van der Waals surface area contributed by atoms with Crippen molar-refractivity contribution < 1.29 is 92.0 Å². The van der Waals surface area contributed by atoms with Crippen molar-refractivity contribution in [2.75, 3.05) is 19.6 Å². The Morgan fingerprint density at radius 2 is 0.594 bits per heavy atom. The first kappa shape index (κ1) is 109. The van der Waals surface area contributed by atoms with E-state index in [9.17, 15) is 87.2 Å². The van der Waals surface area contributed by atoms with E-state index in [1.54, 1.807) is 53.7 Å². The van der Waals surface area contributed by atoms with Crippen molar-refractivity contribution in [2.24, 2.45) is 58.1 Å². The summed E-state index contributed by atoms with van der Waals surface area (Å²) < 4.78 is 0. The van der Waals surface area contributed by atoms with Gasteiger partial charge in [-0.1, -0.05) is 79.7 Å². The van der Waals surface area contributed by atoms with Crippen LogP contribution < -0.4 is 119 Å². The van der Waals surface area contributed by atoms with Gasteiger partial charge in [-0.25, -0.2) is 0 Å². The summed E-state index contributed by atoms with van der Waals surface area (Å²) in [5.74, 6) is -18.5. The van der Waals surface area contributed by atoms with Gasteiger partial charge in [0, 0.05) is 64.6 Å². The third-order valence-electron chi connectivity index (χ3n) is 19.6. The van der Waals surface area contributed by atoms with Crippen LogP contribution in [0.5, 0.6) is 11.5 Å². The SMILES string of the molecule is CC(=O)N[C@@H](CC(C)C)C(=O)N[C@@H](CCCNC(=N)N)C(=O)N[C@@H](Cc1ccncc1)C(=O)N[C@@H](Cc1ccc(O)cc1)C(=O)N[C@@H](CC(C)C)C(=O)N[C@@H](CC(N)=O)C(=O)N[C@@H](CC(C)C)C(=O)N[C@@H](CC(C)C)C(=O)N[C@H](C(=O)N[C@@H](CCCNC(=N)N)C(=O)N[C@@H](CCC(N)=O)C(=O)N[C@@H](CCCNC(=N)N)C(=O)N[C@@H](Cc1ccc(O)cc1)C(N)=O)[C@@H](C)O. The van der Waals surface area contributed by atoms with Crippen molar-refractivity contribution in [3.05, 3.63) is 89.7 Å². The summed E-state index contributed by atoms with van der Waals surface area (Å²) >= 11 is 0. The molecular formula is C83H132N26O19. The van der Waals surface area contributed by atoms with Gasteiger partial charge < -0.3 is 135 Å². The van der Waals surface area contributed by atoms with Gasteiger partial charge in [-0.3, -0.25) is 97.9 Å². The number of nitrogens with zero attached hydrogens (tertiary/aromatic N) is 1. The first-order chi connectivity index (χ1) is 60.1. The molecular weight excluding hydrogens is 1670 g/mol. The number of carbonyl (C=O) groups excluding carboxylic acids is 16. The second-order valence-corrected chi connectivity index (χ2v) is 33.0. The standard InChI is InChI=1S/C83H132N26O19/c1-42(2)34-58(97-47(10)111)73(121)99-54(15-12-30-95-82(89)90)71(119)106-63(40-50-27-32-93-33-28-50)77(125)107-62(39-49-19-23-52(113)24-20-49)76(124)103-60(36-44(5)6)75(123)108-64(41-66(85)115)78(126)104-59(35-43(3)4)74(122)105-61(37-45(7)8)79(127)109-67(46(9)110)80(128)101-55(16-13-31-96-83(91)92)69(117)100-56(25-26-65(84)114)72(120)98-53(14-11-29-94-81(87)88)70(118)102-57(68(86)116)38-48-17-21-51(112)22-18-48/h17-24,27-28,32-33,42-46,53-64,67,110,112-113H,11-16,25-26,29-31,34-41H2,1-10H3,(H2,84,114)(H2,85,115)(H2,86,116)(H,97,111)(H,98,120)(H,99,121)(H,100,117)(H,101,128)(H,102,118)(H,103,124)(H,104,126)(H,105,122)(H,106,119)(H,107,125)(H,108,123)(H,109,127)(H4,87,88,94)(H4,89,90,95)(H4,91,92,96)/t46-,53+,54+,55+,56+,57+,58+,59+,60+,61+,62+,63+,64+,67+/m1/s1. The summed E-state index contributed by atoms with van der Waals surface area (Å²) in [6, 6.07) is -6.03. The Labute approximate surface area is 743 Å². The van der Waals surface area contributed by atoms with Crippen LogP contribution in [-0.2, 0) is 96.0 Å². The van der Waals surface area contributed by atoms with Crippen molar-refractivity contribution in [3.8, 4) is 11.5 Å². The molecule has 708 valence electrons. The first-order valence-electron chi connectivity index (χ1n) is 42.3. The number of rotatable bonds is 58. The van der Waals surface area contributed by atoms with E-state index in [1.807, 2.05) is 13.8 Å². The third kappa shape index (κ3) is 42.9. The Bertz CT molecular complexity index is 4250. The molecule has 0 fully saturated rings. The maximum Gasteiger partial charge on any atom is 0.245 e. The van der Waals surface area contributed by atoms with E-state index in [4.69, 9.17) is 50.6 Å². The van der Waals surface area contributed by atoms with E-state index in [0.717, 1.165) is 6.92 Å². The van der Waals surface area contributed by atoms with Gasteiger partial charge in [-0.15, -0.1) is 0 Å². The Morgan fingerprint density at radius 1 is 0.328 bits per heavy atom. The molecule has 1 aromatic heterocycles. The van der Waals surface area contributed by atoms with E-state index < -0.39 is 228 Å². The molecule has 0 unspecified atom stereocenters. The number of nitrogens with one attached hydrogen (secondary N) is 19. The number of primary amides is 3. The Balaban J connectivity index is 2.03. The van der Waals surface area contributed by atoms with Crippen LogP contribution in [0.2, 0.25) is 0 Å². The molecule has 0 saturated carbocycles. The predicted octanol–water partition coefficient (Wildman–Crippen LogP) is -5.18. The second-order valence-electron chi connectivity index (χ2n) is 33.0. The van der Waals surface area contributed by atoms with Gasteiger partial charge in [0.15, 0.2) is 17.9 Å². The molecule has 0 bridgehead atoms. The maximum atomic E-state index is 15.0. The summed E-state index contributed by atoms with van der Waals surface area (Å²) in [6.07, 6.45) is -2.23. The topological polar surface area (TPSA) is 767 Å². The Morgan fingerprint density at radius 3 is 0.906 bits per heavy atom. The highest BCUT2D eigenvalue weighted by Gasteiger charge is 2.40. The molecule has 1 heterocycles. The van der Waals surface area contributed by atoms with Crippen LogP contribution in [0.4, 0.5) is 0 Å². The first-order valence-corrected chi connectivity index (χ1v) is 42.3. The highest BCUT2D eigenvalue weighted by atomic mass is 16.3. The van der Waals surface area contributed by atoms with Crippen molar-refractivity contribution >= 4 is 112 Å². The summed E-state index contributed by atoms with van der Waals surface area (Å²) in [4.78, 5) is 229. The number of benzene rings is 2. The lowest BCUT2D eigenvalue weighted by molar-refractivity contribution is -0.138. The van der Waals surface area contributed by atoms with Gasteiger partial charge in [0.25, 0.3) is 0 Å². The van der Waals surface area contributed by atoms with Gasteiger partial charge in [-0.05, 0) is 154 Å².